The number of benzene rings is 1. The number of amides is 2. The van der Waals surface area contributed by atoms with E-state index in [1.165, 1.54) is 0 Å². The molecule has 0 spiro atoms. The molecule has 2 amide bonds. The Balaban J connectivity index is 2.42. The van der Waals surface area contributed by atoms with Gasteiger partial charge in [-0.05, 0) is 32.4 Å². The van der Waals surface area contributed by atoms with Gasteiger partial charge in [0.15, 0.2) is 0 Å². The molecule has 0 radical (unpaired) electrons. The third-order valence-corrected chi connectivity index (χ3v) is 3.48. The number of nitrogens with zero attached hydrogens (tertiary/aromatic N) is 1. The Morgan fingerprint density at radius 2 is 1.72 bits per heavy atom. The van der Waals surface area contributed by atoms with Crippen molar-refractivity contribution in [3.05, 3.63) is 30.3 Å². The van der Waals surface area contributed by atoms with Crippen molar-refractivity contribution >= 4 is 29.2 Å². The molecule has 1 aromatic carbocycles. The highest BCUT2D eigenvalue weighted by molar-refractivity contribution is 6.01. The maximum atomic E-state index is 11.8. The van der Waals surface area contributed by atoms with E-state index in [0.29, 0.717) is 24.4 Å². The number of nitrogens with one attached hydrogen (secondary N) is 2. The Morgan fingerprint density at radius 1 is 1.08 bits per heavy atom. The molecule has 0 saturated heterocycles. The number of carbonyl (C=O) groups excluding carboxylic acids is 3. The molecule has 7 heteroatoms. The smallest absolute Gasteiger partial charge is 0.314 e. The van der Waals surface area contributed by atoms with Crippen molar-refractivity contribution in [2.75, 3.05) is 11.9 Å². The van der Waals surface area contributed by atoms with E-state index in [2.05, 4.69) is 15.8 Å². The Morgan fingerprint density at radius 3 is 2.32 bits per heavy atom. The van der Waals surface area contributed by atoms with Crippen LogP contribution in [0.4, 0.5) is 5.69 Å². The predicted octanol–water partition coefficient (Wildman–Crippen LogP) is 2.49. The third kappa shape index (κ3) is 7.60. The van der Waals surface area contributed by atoms with Gasteiger partial charge in [-0.1, -0.05) is 25.1 Å². The number of esters is 1. The first-order chi connectivity index (χ1) is 12.0. The normalized spacial score (nSPS) is 12.2. The van der Waals surface area contributed by atoms with Crippen LogP contribution < -0.4 is 10.7 Å². The highest BCUT2D eigenvalue weighted by Crippen LogP contribution is 2.08. The SMILES string of the molecule is CCOC(=O)C(CC)/C(C)=N\NC(=O)CCC(=O)Nc1ccccc1. The van der Waals surface area contributed by atoms with Gasteiger partial charge in [-0.2, -0.15) is 5.10 Å². The molecule has 136 valence electrons. The largest absolute Gasteiger partial charge is 0.465 e. The van der Waals surface area contributed by atoms with Gasteiger partial charge < -0.3 is 10.1 Å². The zero-order valence-electron chi connectivity index (χ0n) is 14.9. The number of hydrogen-bond donors (Lipinski definition) is 2. The van der Waals surface area contributed by atoms with Crippen LogP contribution in [0.5, 0.6) is 0 Å². The quantitative estimate of drug-likeness (QED) is 0.407. The molecule has 0 heterocycles. The van der Waals surface area contributed by atoms with Crippen LogP contribution >= 0.6 is 0 Å². The summed E-state index contributed by atoms with van der Waals surface area (Å²) in [5.74, 6) is -1.48. The summed E-state index contributed by atoms with van der Waals surface area (Å²) in [6.45, 7) is 5.54. The Labute approximate surface area is 147 Å². The van der Waals surface area contributed by atoms with Gasteiger partial charge in [0.05, 0.1) is 12.5 Å². The van der Waals surface area contributed by atoms with Crippen LogP contribution in [-0.4, -0.2) is 30.1 Å². The molecule has 1 atom stereocenters. The maximum Gasteiger partial charge on any atom is 0.314 e. The highest BCUT2D eigenvalue weighted by atomic mass is 16.5. The fraction of sp³-hybridized carbons (Fsp3) is 0.444. The molecular formula is C18H25N3O4. The van der Waals surface area contributed by atoms with Gasteiger partial charge in [-0.3, -0.25) is 14.4 Å². The lowest BCUT2D eigenvalue weighted by atomic mass is 10.0. The fourth-order valence-electron chi connectivity index (χ4n) is 2.13. The molecule has 0 saturated carbocycles. The van der Waals surface area contributed by atoms with E-state index in [1.54, 1.807) is 26.0 Å². The summed E-state index contributed by atoms with van der Waals surface area (Å²) in [6.07, 6.45) is 0.583. The molecule has 0 bridgehead atoms. The van der Waals surface area contributed by atoms with E-state index in [0.717, 1.165) is 0 Å². The van der Waals surface area contributed by atoms with Crippen LogP contribution in [-0.2, 0) is 19.1 Å². The number of para-hydroxylation sites is 1. The van der Waals surface area contributed by atoms with E-state index < -0.39 is 5.92 Å². The van der Waals surface area contributed by atoms with Crippen molar-refractivity contribution in [2.45, 2.75) is 40.0 Å². The highest BCUT2D eigenvalue weighted by Gasteiger charge is 2.21. The zero-order valence-corrected chi connectivity index (χ0v) is 14.9. The number of hydrogen-bond acceptors (Lipinski definition) is 5. The molecule has 1 rings (SSSR count). The standard InChI is InChI=1S/C18H25N3O4/c1-4-15(18(24)25-5-2)13(3)20-21-17(23)12-11-16(22)19-14-9-7-6-8-10-14/h6-10,15H,4-5,11-12H2,1-3H3,(H,19,22)(H,21,23)/b20-13-. The first kappa shape index (κ1) is 20.3. The van der Waals surface area contributed by atoms with Crippen LogP contribution in [0.1, 0.15) is 40.0 Å². The Hall–Kier alpha value is -2.70. The molecule has 0 aliphatic rings. The number of carbonyl (C=O) groups is 3. The topological polar surface area (TPSA) is 96.9 Å². The molecule has 25 heavy (non-hydrogen) atoms. The summed E-state index contributed by atoms with van der Waals surface area (Å²) in [5.41, 5.74) is 3.53. The van der Waals surface area contributed by atoms with Crippen molar-refractivity contribution in [2.24, 2.45) is 11.0 Å². The van der Waals surface area contributed by atoms with Crippen LogP contribution in [0.2, 0.25) is 0 Å². The average molecular weight is 347 g/mol. The summed E-state index contributed by atoms with van der Waals surface area (Å²) >= 11 is 0. The lowest BCUT2D eigenvalue weighted by molar-refractivity contribution is -0.145. The van der Waals surface area contributed by atoms with Gasteiger partial charge in [-0.25, -0.2) is 5.43 Å². The second-order valence-corrected chi connectivity index (χ2v) is 5.42. The van der Waals surface area contributed by atoms with Gasteiger partial charge in [0.25, 0.3) is 0 Å². The lowest BCUT2D eigenvalue weighted by Crippen LogP contribution is -2.27. The summed E-state index contributed by atoms with van der Waals surface area (Å²) in [7, 11) is 0. The van der Waals surface area contributed by atoms with E-state index in [1.807, 2.05) is 25.1 Å². The van der Waals surface area contributed by atoms with Gasteiger partial charge >= 0.3 is 5.97 Å². The van der Waals surface area contributed by atoms with E-state index in [4.69, 9.17) is 4.74 Å². The van der Waals surface area contributed by atoms with Gasteiger partial charge in [0.1, 0.15) is 0 Å². The number of anilines is 1. The summed E-state index contributed by atoms with van der Waals surface area (Å²) in [4.78, 5) is 35.4. The molecule has 0 aliphatic heterocycles. The molecule has 0 aliphatic carbocycles. The van der Waals surface area contributed by atoms with Crippen molar-refractivity contribution < 1.29 is 19.1 Å². The predicted molar refractivity (Wildman–Crippen MR) is 96.0 cm³/mol. The zero-order chi connectivity index (χ0) is 18.7. The van der Waals surface area contributed by atoms with E-state index in [9.17, 15) is 14.4 Å². The Bertz CT molecular complexity index is 614. The fourth-order valence-corrected chi connectivity index (χ4v) is 2.13. The average Bonchev–Trinajstić information content (AvgIpc) is 2.60. The number of ether oxygens (including phenoxy) is 1. The monoisotopic (exact) mass is 347 g/mol. The second kappa shape index (κ2) is 11.0. The molecule has 2 N–H and O–H groups in total. The number of rotatable bonds is 9. The van der Waals surface area contributed by atoms with Crippen LogP contribution in [0.3, 0.4) is 0 Å². The van der Waals surface area contributed by atoms with E-state index >= 15 is 0 Å². The van der Waals surface area contributed by atoms with Crippen molar-refractivity contribution in [1.29, 1.82) is 0 Å². The lowest BCUT2D eigenvalue weighted by Gasteiger charge is -2.13. The van der Waals surface area contributed by atoms with Crippen LogP contribution in [0, 0.1) is 5.92 Å². The molecule has 0 aromatic heterocycles. The minimum atomic E-state index is -0.485. The second-order valence-electron chi connectivity index (χ2n) is 5.42. The van der Waals surface area contributed by atoms with E-state index in [-0.39, 0.29) is 30.6 Å². The number of hydrazone groups is 1. The summed E-state index contributed by atoms with van der Waals surface area (Å²) < 4.78 is 4.97. The third-order valence-electron chi connectivity index (χ3n) is 3.48. The van der Waals surface area contributed by atoms with Crippen molar-refractivity contribution in [1.82, 2.24) is 5.43 Å². The van der Waals surface area contributed by atoms with Gasteiger partial charge in [0.2, 0.25) is 11.8 Å². The molecule has 1 aromatic rings. The molecule has 1 unspecified atom stereocenters. The minimum absolute atomic E-state index is 0.00560. The van der Waals surface area contributed by atoms with Crippen LogP contribution in [0.15, 0.2) is 35.4 Å². The van der Waals surface area contributed by atoms with Gasteiger partial charge in [0, 0.05) is 24.2 Å². The minimum Gasteiger partial charge on any atom is -0.465 e. The first-order valence-corrected chi connectivity index (χ1v) is 8.32. The van der Waals surface area contributed by atoms with Gasteiger partial charge in [-0.15, -0.1) is 0 Å². The Kier molecular flexibility index (Phi) is 8.92. The van der Waals surface area contributed by atoms with Crippen molar-refractivity contribution in [3.8, 4) is 0 Å². The maximum absolute atomic E-state index is 11.8. The summed E-state index contributed by atoms with van der Waals surface area (Å²) in [6, 6.07) is 9.02. The first-order valence-electron chi connectivity index (χ1n) is 8.32. The molecule has 0 fully saturated rings. The van der Waals surface area contributed by atoms with Crippen LogP contribution in [0.25, 0.3) is 0 Å². The molecule has 7 nitrogen and oxygen atoms in total. The summed E-state index contributed by atoms with van der Waals surface area (Å²) in [5, 5.41) is 6.65. The van der Waals surface area contributed by atoms with Crippen molar-refractivity contribution in [3.63, 3.8) is 0 Å². The molecular weight excluding hydrogens is 322 g/mol.